The zero-order valence-corrected chi connectivity index (χ0v) is 10.0. The molecule has 0 N–H and O–H groups in total. The molecule has 0 saturated carbocycles. The Morgan fingerprint density at radius 2 is 2.00 bits per heavy atom. The molecule has 0 fully saturated rings. The molecule has 1 atom stereocenters. The van der Waals surface area contributed by atoms with Gasteiger partial charge < -0.3 is 9.47 Å². The molecule has 0 saturated heterocycles. The fourth-order valence-corrected chi connectivity index (χ4v) is 1.55. The van der Waals surface area contributed by atoms with Gasteiger partial charge in [-0.05, 0) is 38.0 Å². The van der Waals surface area contributed by atoms with Crippen molar-refractivity contribution < 1.29 is 9.47 Å². The zero-order valence-electron chi connectivity index (χ0n) is 10.0. The molecular formula is C13H20O2. The summed E-state index contributed by atoms with van der Waals surface area (Å²) in [5.41, 5.74) is 1.18. The normalized spacial score (nSPS) is 12.3. The summed E-state index contributed by atoms with van der Waals surface area (Å²) >= 11 is 0. The van der Waals surface area contributed by atoms with Crippen molar-refractivity contribution in [1.29, 1.82) is 0 Å². The molecule has 2 heteroatoms. The lowest BCUT2D eigenvalue weighted by atomic mass is 10.2. The first-order chi connectivity index (χ1) is 7.17. The van der Waals surface area contributed by atoms with Gasteiger partial charge in [0.2, 0.25) is 0 Å². The molecule has 1 aromatic carbocycles. The van der Waals surface area contributed by atoms with Crippen LogP contribution in [0.3, 0.4) is 0 Å². The van der Waals surface area contributed by atoms with Crippen LogP contribution in [0.25, 0.3) is 0 Å². The van der Waals surface area contributed by atoms with Gasteiger partial charge in [-0.25, -0.2) is 0 Å². The third kappa shape index (κ3) is 3.46. The molecule has 1 aromatic rings. The molecule has 0 aliphatic carbocycles. The molecular weight excluding hydrogens is 188 g/mol. The van der Waals surface area contributed by atoms with Crippen LogP contribution in [0, 0.1) is 6.92 Å². The summed E-state index contributed by atoms with van der Waals surface area (Å²) in [5, 5.41) is 0. The fraction of sp³-hybridized carbons (Fsp3) is 0.538. The van der Waals surface area contributed by atoms with Gasteiger partial charge in [0.15, 0.2) is 11.5 Å². The number of methoxy groups -OCH3 is 1. The first kappa shape index (κ1) is 11.9. The second-order valence-corrected chi connectivity index (χ2v) is 3.87. The highest BCUT2D eigenvalue weighted by molar-refractivity contribution is 5.42. The highest BCUT2D eigenvalue weighted by Gasteiger charge is 2.08. The monoisotopic (exact) mass is 208 g/mol. The Kier molecular flexibility index (Phi) is 4.47. The minimum atomic E-state index is 0.242. The predicted molar refractivity (Wildman–Crippen MR) is 62.7 cm³/mol. The van der Waals surface area contributed by atoms with E-state index in [1.165, 1.54) is 5.56 Å². The Morgan fingerprint density at radius 3 is 2.60 bits per heavy atom. The Hall–Kier alpha value is -1.18. The number of ether oxygens (including phenoxy) is 2. The molecule has 0 spiro atoms. The Morgan fingerprint density at radius 1 is 1.27 bits per heavy atom. The third-order valence-electron chi connectivity index (χ3n) is 2.34. The van der Waals surface area contributed by atoms with Crippen molar-refractivity contribution in [2.24, 2.45) is 0 Å². The molecule has 15 heavy (non-hydrogen) atoms. The fourth-order valence-electron chi connectivity index (χ4n) is 1.55. The van der Waals surface area contributed by atoms with Crippen molar-refractivity contribution >= 4 is 0 Å². The van der Waals surface area contributed by atoms with Gasteiger partial charge in [-0.15, -0.1) is 0 Å². The Labute approximate surface area is 92.2 Å². The highest BCUT2D eigenvalue weighted by Crippen LogP contribution is 2.29. The lowest BCUT2D eigenvalue weighted by Crippen LogP contribution is -2.11. The van der Waals surface area contributed by atoms with Crippen LogP contribution >= 0.6 is 0 Å². The largest absolute Gasteiger partial charge is 0.493 e. The van der Waals surface area contributed by atoms with Gasteiger partial charge in [-0.3, -0.25) is 0 Å². The van der Waals surface area contributed by atoms with E-state index >= 15 is 0 Å². The molecule has 2 nitrogen and oxygen atoms in total. The van der Waals surface area contributed by atoms with E-state index in [9.17, 15) is 0 Å². The van der Waals surface area contributed by atoms with Crippen LogP contribution in [0.5, 0.6) is 11.5 Å². The van der Waals surface area contributed by atoms with Crippen molar-refractivity contribution in [1.82, 2.24) is 0 Å². The van der Waals surface area contributed by atoms with Crippen LogP contribution in [0.4, 0.5) is 0 Å². The van der Waals surface area contributed by atoms with E-state index in [1.54, 1.807) is 7.11 Å². The number of hydrogen-bond acceptors (Lipinski definition) is 2. The second-order valence-electron chi connectivity index (χ2n) is 3.87. The standard InChI is InChI=1S/C13H20O2/c1-5-6-11(3)15-12-8-7-10(2)9-13(12)14-4/h7-9,11H,5-6H2,1-4H3. The summed E-state index contributed by atoms with van der Waals surface area (Å²) in [4.78, 5) is 0. The number of aryl methyl sites for hydroxylation is 1. The van der Waals surface area contributed by atoms with Crippen LogP contribution in [0.2, 0.25) is 0 Å². The van der Waals surface area contributed by atoms with E-state index in [0.717, 1.165) is 24.3 Å². The quantitative estimate of drug-likeness (QED) is 0.736. The zero-order chi connectivity index (χ0) is 11.3. The third-order valence-corrected chi connectivity index (χ3v) is 2.34. The van der Waals surface area contributed by atoms with Crippen LogP contribution in [-0.4, -0.2) is 13.2 Å². The summed E-state index contributed by atoms with van der Waals surface area (Å²) in [6, 6.07) is 6.00. The molecule has 0 bridgehead atoms. The Bertz CT molecular complexity index is 307. The van der Waals surface area contributed by atoms with Crippen molar-refractivity contribution in [2.45, 2.75) is 39.7 Å². The van der Waals surface area contributed by atoms with Crippen molar-refractivity contribution in [3.63, 3.8) is 0 Å². The predicted octanol–water partition coefficient (Wildman–Crippen LogP) is 3.57. The first-order valence-electron chi connectivity index (χ1n) is 5.48. The average Bonchev–Trinajstić information content (AvgIpc) is 2.21. The van der Waals surface area contributed by atoms with E-state index in [2.05, 4.69) is 13.8 Å². The lowest BCUT2D eigenvalue weighted by molar-refractivity contribution is 0.201. The molecule has 0 aliphatic heterocycles. The van der Waals surface area contributed by atoms with Crippen molar-refractivity contribution in [2.75, 3.05) is 7.11 Å². The highest BCUT2D eigenvalue weighted by atomic mass is 16.5. The van der Waals surface area contributed by atoms with Gasteiger partial charge in [-0.2, -0.15) is 0 Å². The van der Waals surface area contributed by atoms with Crippen LogP contribution in [0.15, 0.2) is 18.2 Å². The second kappa shape index (κ2) is 5.64. The van der Waals surface area contributed by atoms with E-state index in [-0.39, 0.29) is 6.10 Å². The summed E-state index contributed by atoms with van der Waals surface area (Å²) in [5.74, 6) is 1.65. The molecule has 1 unspecified atom stereocenters. The van der Waals surface area contributed by atoms with Gasteiger partial charge in [0.25, 0.3) is 0 Å². The molecule has 84 valence electrons. The number of hydrogen-bond donors (Lipinski definition) is 0. The van der Waals surface area contributed by atoms with E-state index in [1.807, 2.05) is 25.1 Å². The maximum atomic E-state index is 5.81. The van der Waals surface area contributed by atoms with Gasteiger partial charge in [0.1, 0.15) is 0 Å². The summed E-state index contributed by atoms with van der Waals surface area (Å²) in [6.45, 7) is 6.29. The van der Waals surface area contributed by atoms with Gasteiger partial charge in [0.05, 0.1) is 13.2 Å². The maximum Gasteiger partial charge on any atom is 0.161 e. The number of rotatable bonds is 5. The molecule has 1 rings (SSSR count). The van der Waals surface area contributed by atoms with Crippen LogP contribution in [0.1, 0.15) is 32.3 Å². The van der Waals surface area contributed by atoms with Gasteiger partial charge in [0, 0.05) is 0 Å². The van der Waals surface area contributed by atoms with Crippen LogP contribution < -0.4 is 9.47 Å². The van der Waals surface area contributed by atoms with Gasteiger partial charge >= 0.3 is 0 Å². The minimum absolute atomic E-state index is 0.242. The molecule has 0 aliphatic rings. The first-order valence-corrected chi connectivity index (χ1v) is 5.48. The smallest absolute Gasteiger partial charge is 0.161 e. The topological polar surface area (TPSA) is 18.5 Å². The summed E-state index contributed by atoms with van der Waals surface area (Å²) < 4.78 is 11.1. The average molecular weight is 208 g/mol. The maximum absolute atomic E-state index is 5.81. The van der Waals surface area contributed by atoms with E-state index in [4.69, 9.17) is 9.47 Å². The van der Waals surface area contributed by atoms with E-state index in [0.29, 0.717) is 0 Å². The molecule has 0 heterocycles. The minimum Gasteiger partial charge on any atom is -0.493 e. The number of benzene rings is 1. The van der Waals surface area contributed by atoms with Crippen molar-refractivity contribution in [3.05, 3.63) is 23.8 Å². The van der Waals surface area contributed by atoms with Gasteiger partial charge in [-0.1, -0.05) is 19.4 Å². The molecule has 0 amide bonds. The Balaban J connectivity index is 2.75. The SMILES string of the molecule is CCCC(C)Oc1ccc(C)cc1OC. The molecule has 0 radical (unpaired) electrons. The van der Waals surface area contributed by atoms with Crippen LogP contribution in [-0.2, 0) is 0 Å². The van der Waals surface area contributed by atoms with Crippen molar-refractivity contribution in [3.8, 4) is 11.5 Å². The lowest BCUT2D eigenvalue weighted by Gasteiger charge is -2.16. The summed E-state index contributed by atoms with van der Waals surface area (Å²) in [7, 11) is 1.67. The molecule has 0 aromatic heterocycles. The summed E-state index contributed by atoms with van der Waals surface area (Å²) in [6.07, 6.45) is 2.44. The van der Waals surface area contributed by atoms with E-state index < -0.39 is 0 Å².